The number of hydrogen-bond acceptors (Lipinski definition) is 7. The van der Waals surface area contributed by atoms with Crippen LogP contribution in [0.4, 0.5) is 21.9 Å². The summed E-state index contributed by atoms with van der Waals surface area (Å²) in [5.41, 5.74) is 1.53. The molecule has 10 heteroatoms. The van der Waals surface area contributed by atoms with E-state index in [1.165, 1.54) is 12.1 Å². The minimum atomic E-state index is -0.601. The van der Waals surface area contributed by atoms with E-state index >= 15 is 0 Å². The first-order valence-electron chi connectivity index (χ1n) is 10.6. The number of nitro groups is 1. The number of carbonyl (C=O) groups excluding carboxylic acids is 3. The van der Waals surface area contributed by atoms with Crippen molar-refractivity contribution in [3.63, 3.8) is 0 Å². The summed E-state index contributed by atoms with van der Waals surface area (Å²) in [7, 11) is 0. The molecule has 2 saturated heterocycles. The van der Waals surface area contributed by atoms with Crippen molar-refractivity contribution < 1.29 is 19.3 Å². The largest absolute Gasteiger partial charge is 0.366 e. The van der Waals surface area contributed by atoms with Crippen molar-refractivity contribution in [1.29, 1.82) is 0 Å². The van der Waals surface area contributed by atoms with Crippen LogP contribution in [0.3, 0.4) is 0 Å². The van der Waals surface area contributed by atoms with Crippen LogP contribution in [0.1, 0.15) is 24.8 Å². The molecule has 9 nitrogen and oxygen atoms in total. The standard InChI is InChI=1S/C23H22N4O5S/c28-21(24-17-7-3-1-4-8-17)15-26-22(29)20(33-23(26)30)14-16-9-10-18(19(13-16)27(31)32)25-11-5-2-6-12-25/h1,3-4,7-10,13-14H,2,5-6,11-12,15H2,(H,24,28). The first kappa shape index (κ1) is 22.5. The first-order chi connectivity index (χ1) is 15.9. The van der Waals surface area contributed by atoms with E-state index in [1.54, 1.807) is 42.5 Å². The second kappa shape index (κ2) is 9.86. The number of para-hydroxylation sites is 1. The molecule has 0 bridgehead atoms. The molecule has 1 N–H and O–H groups in total. The molecule has 2 fully saturated rings. The molecule has 2 aromatic rings. The highest BCUT2D eigenvalue weighted by atomic mass is 32.2. The number of nitrogens with zero attached hydrogens (tertiary/aromatic N) is 3. The summed E-state index contributed by atoms with van der Waals surface area (Å²) in [5.74, 6) is -1.10. The lowest BCUT2D eigenvalue weighted by Gasteiger charge is -2.28. The van der Waals surface area contributed by atoms with Crippen molar-refractivity contribution in [2.45, 2.75) is 19.3 Å². The summed E-state index contributed by atoms with van der Waals surface area (Å²) in [6.07, 6.45) is 4.54. The number of rotatable bonds is 6. The number of piperidine rings is 1. The molecule has 33 heavy (non-hydrogen) atoms. The van der Waals surface area contributed by atoms with Gasteiger partial charge in [0.1, 0.15) is 12.2 Å². The number of thioether (sulfide) groups is 1. The Morgan fingerprint density at radius 3 is 2.52 bits per heavy atom. The van der Waals surface area contributed by atoms with Crippen LogP contribution in [-0.4, -0.2) is 46.5 Å². The summed E-state index contributed by atoms with van der Waals surface area (Å²) >= 11 is 0.710. The third-order valence-corrected chi connectivity index (χ3v) is 6.33. The van der Waals surface area contributed by atoms with Crippen molar-refractivity contribution in [3.05, 3.63) is 69.1 Å². The van der Waals surface area contributed by atoms with Gasteiger partial charge < -0.3 is 10.2 Å². The lowest BCUT2D eigenvalue weighted by Crippen LogP contribution is -2.36. The van der Waals surface area contributed by atoms with Crippen molar-refractivity contribution in [2.75, 3.05) is 29.9 Å². The number of carbonyl (C=O) groups is 3. The van der Waals surface area contributed by atoms with Gasteiger partial charge >= 0.3 is 0 Å². The predicted octanol–water partition coefficient (Wildman–Crippen LogP) is 4.26. The quantitative estimate of drug-likeness (QED) is 0.384. The van der Waals surface area contributed by atoms with Crippen LogP contribution in [0, 0.1) is 10.1 Å². The van der Waals surface area contributed by atoms with Crippen molar-refractivity contribution in [3.8, 4) is 0 Å². The number of nitro benzene ring substituents is 1. The average molecular weight is 467 g/mol. The van der Waals surface area contributed by atoms with Crippen LogP contribution in [-0.2, 0) is 9.59 Å². The van der Waals surface area contributed by atoms with Gasteiger partial charge in [-0.3, -0.25) is 29.4 Å². The van der Waals surface area contributed by atoms with Crippen LogP contribution in [0.5, 0.6) is 0 Å². The Labute approximate surface area is 194 Å². The van der Waals surface area contributed by atoms with Gasteiger partial charge in [0, 0.05) is 24.8 Å². The van der Waals surface area contributed by atoms with E-state index in [2.05, 4.69) is 5.32 Å². The second-order valence-corrected chi connectivity index (χ2v) is 8.73. The van der Waals surface area contributed by atoms with E-state index in [0.717, 1.165) is 37.3 Å². The van der Waals surface area contributed by atoms with Crippen molar-refractivity contribution >= 4 is 52.0 Å². The first-order valence-corrected chi connectivity index (χ1v) is 11.4. The van der Waals surface area contributed by atoms with E-state index in [4.69, 9.17) is 0 Å². The SMILES string of the molecule is O=C(CN1C(=O)SC(=Cc2ccc(N3CCCCC3)c([N+](=O)[O-])c2)C1=O)Nc1ccccc1. The van der Waals surface area contributed by atoms with Gasteiger partial charge in [0.2, 0.25) is 5.91 Å². The fourth-order valence-corrected chi connectivity index (χ4v) is 4.67. The molecular weight excluding hydrogens is 444 g/mol. The maximum atomic E-state index is 12.7. The Morgan fingerprint density at radius 1 is 1.09 bits per heavy atom. The molecule has 0 spiro atoms. The minimum absolute atomic E-state index is 0.0351. The molecule has 0 atom stereocenters. The predicted molar refractivity (Wildman–Crippen MR) is 127 cm³/mol. The van der Waals surface area contributed by atoms with E-state index in [9.17, 15) is 24.5 Å². The Balaban J connectivity index is 1.50. The molecule has 0 aliphatic carbocycles. The van der Waals surface area contributed by atoms with E-state index in [-0.39, 0.29) is 10.6 Å². The molecule has 0 aromatic heterocycles. The molecule has 2 aromatic carbocycles. The lowest BCUT2D eigenvalue weighted by molar-refractivity contribution is -0.384. The van der Waals surface area contributed by atoms with E-state index in [1.807, 2.05) is 4.90 Å². The lowest BCUT2D eigenvalue weighted by atomic mass is 10.1. The molecule has 2 heterocycles. The molecule has 0 unspecified atom stereocenters. The van der Waals surface area contributed by atoms with Crippen LogP contribution >= 0.6 is 11.8 Å². The summed E-state index contributed by atoms with van der Waals surface area (Å²) in [4.78, 5) is 51.6. The van der Waals surface area contributed by atoms with Gasteiger partial charge in [0.15, 0.2) is 0 Å². The molecule has 0 radical (unpaired) electrons. The minimum Gasteiger partial charge on any atom is -0.366 e. The normalized spacial score (nSPS) is 17.5. The number of anilines is 2. The van der Waals surface area contributed by atoms with E-state index < -0.39 is 28.5 Å². The third-order valence-electron chi connectivity index (χ3n) is 5.42. The second-order valence-electron chi connectivity index (χ2n) is 7.74. The van der Waals surface area contributed by atoms with Crippen LogP contribution in [0.2, 0.25) is 0 Å². The summed E-state index contributed by atoms with van der Waals surface area (Å²) in [6.45, 7) is 1.12. The van der Waals surface area contributed by atoms with Crippen LogP contribution in [0.15, 0.2) is 53.4 Å². The molecule has 2 aliphatic heterocycles. The zero-order valence-electron chi connectivity index (χ0n) is 17.7. The molecule has 170 valence electrons. The van der Waals surface area contributed by atoms with Gasteiger partial charge in [0.25, 0.3) is 16.8 Å². The Bertz CT molecular complexity index is 1130. The van der Waals surface area contributed by atoms with E-state index in [0.29, 0.717) is 28.7 Å². The Kier molecular flexibility index (Phi) is 6.74. The van der Waals surface area contributed by atoms with Gasteiger partial charge in [-0.2, -0.15) is 0 Å². The Morgan fingerprint density at radius 2 is 1.82 bits per heavy atom. The summed E-state index contributed by atoms with van der Waals surface area (Å²) in [5, 5.41) is 13.8. The van der Waals surface area contributed by atoms with Gasteiger partial charge in [-0.1, -0.05) is 24.3 Å². The molecule has 3 amide bonds. The smallest absolute Gasteiger partial charge is 0.294 e. The zero-order chi connectivity index (χ0) is 23.4. The summed E-state index contributed by atoms with van der Waals surface area (Å²) < 4.78 is 0. The number of nitrogens with one attached hydrogen (secondary N) is 1. The number of imide groups is 1. The fourth-order valence-electron chi connectivity index (χ4n) is 3.83. The van der Waals surface area contributed by atoms with Gasteiger partial charge in [-0.15, -0.1) is 0 Å². The molecular formula is C23H22N4O5S. The Hall–Kier alpha value is -3.66. The van der Waals surface area contributed by atoms with Gasteiger partial charge in [-0.25, -0.2) is 0 Å². The highest BCUT2D eigenvalue weighted by molar-refractivity contribution is 8.18. The monoisotopic (exact) mass is 466 g/mol. The number of amides is 3. The highest BCUT2D eigenvalue weighted by Gasteiger charge is 2.36. The molecule has 4 rings (SSSR count). The maximum Gasteiger partial charge on any atom is 0.294 e. The maximum absolute atomic E-state index is 12.7. The third kappa shape index (κ3) is 5.23. The zero-order valence-corrected chi connectivity index (χ0v) is 18.5. The van der Waals surface area contributed by atoms with Gasteiger partial charge in [0.05, 0.1) is 9.83 Å². The van der Waals surface area contributed by atoms with Crippen LogP contribution < -0.4 is 10.2 Å². The van der Waals surface area contributed by atoms with Gasteiger partial charge in [-0.05, 0) is 60.9 Å². The topological polar surface area (TPSA) is 113 Å². The molecule has 2 aliphatic rings. The molecule has 0 saturated carbocycles. The summed E-state index contributed by atoms with van der Waals surface area (Å²) in [6, 6.07) is 13.5. The highest BCUT2D eigenvalue weighted by Crippen LogP contribution is 2.35. The van der Waals surface area contributed by atoms with Crippen LogP contribution in [0.25, 0.3) is 6.08 Å². The van der Waals surface area contributed by atoms with Crippen molar-refractivity contribution in [2.24, 2.45) is 0 Å². The van der Waals surface area contributed by atoms with Crippen molar-refractivity contribution in [1.82, 2.24) is 4.90 Å². The number of hydrogen-bond donors (Lipinski definition) is 1. The average Bonchev–Trinajstić information content (AvgIpc) is 3.07. The number of benzene rings is 2. The fraction of sp³-hybridized carbons (Fsp3) is 0.261.